The Hall–Kier alpha value is 0.326. The molecule has 0 aliphatic rings. The number of aromatic nitrogens is 2. The third kappa shape index (κ3) is 2.40. The van der Waals surface area contributed by atoms with Gasteiger partial charge in [0.05, 0.1) is 11.3 Å². The van der Waals surface area contributed by atoms with Crippen molar-refractivity contribution in [2.45, 2.75) is 6.92 Å². The Morgan fingerprint density at radius 2 is 2.25 bits per heavy atom. The number of nitrogens with zero attached hydrogens (tertiary/aromatic N) is 2. The minimum absolute atomic E-state index is 0. The van der Waals surface area contributed by atoms with Crippen molar-refractivity contribution in [2.75, 3.05) is 0 Å². The van der Waals surface area contributed by atoms with Crippen LogP contribution in [-0.2, 0) is 0 Å². The third-order valence-corrected chi connectivity index (χ3v) is 1.42. The van der Waals surface area contributed by atoms with Crippen LogP contribution >= 0.6 is 0 Å². The van der Waals surface area contributed by atoms with Gasteiger partial charge in [0.25, 0.3) is 0 Å². The summed E-state index contributed by atoms with van der Waals surface area (Å²) < 4.78 is 1.95. The maximum Gasteiger partial charge on any atom is 1.00 e. The van der Waals surface area contributed by atoms with Gasteiger partial charge in [0, 0.05) is 6.20 Å². The molecule has 0 radical (unpaired) electrons. The van der Waals surface area contributed by atoms with E-state index in [0.717, 1.165) is 11.3 Å². The van der Waals surface area contributed by atoms with Gasteiger partial charge in [-0.25, -0.2) is 12.1 Å². The van der Waals surface area contributed by atoms with E-state index in [1.54, 1.807) is 0 Å². The molecule has 0 bridgehead atoms. The molecule has 0 aliphatic carbocycles. The average molecular weight is 185 g/mol. The smallest absolute Gasteiger partial charge is 0.358 e. The van der Waals surface area contributed by atoms with E-state index in [4.69, 9.17) is 0 Å². The zero-order valence-electron chi connectivity index (χ0n) is 7.70. The second-order valence-electron chi connectivity index (χ2n) is 2.28. The molecule has 3 heteroatoms. The molecule has 2 heterocycles. The van der Waals surface area contributed by atoms with Crippen LogP contribution in [0.5, 0.6) is 0 Å². The Kier molecular flexibility index (Phi) is 5.28. The molecule has 0 spiro atoms. The van der Waals surface area contributed by atoms with Gasteiger partial charge in [0.15, 0.2) is 0 Å². The number of hydrogen-bond acceptors (Lipinski definition) is 1. The van der Waals surface area contributed by atoms with Gasteiger partial charge in [-0.3, -0.25) is 4.98 Å². The molecule has 12 heavy (non-hydrogen) atoms. The van der Waals surface area contributed by atoms with Crippen molar-refractivity contribution >= 4 is 5.65 Å². The summed E-state index contributed by atoms with van der Waals surface area (Å²) in [5.74, 6) is 0. The molecular weight excluding hydrogens is 175 g/mol. The van der Waals surface area contributed by atoms with E-state index in [-0.39, 0.29) is 58.8 Å². The van der Waals surface area contributed by atoms with Crippen LogP contribution in [0.15, 0.2) is 24.5 Å². The number of pyridine rings is 1. The zero-order chi connectivity index (χ0) is 6.97. The second kappa shape index (κ2) is 5.14. The van der Waals surface area contributed by atoms with Crippen molar-refractivity contribution in [3.63, 3.8) is 0 Å². The quantitative estimate of drug-likeness (QED) is 0.376. The fourth-order valence-corrected chi connectivity index (χ4v) is 1.01. The predicted octanol–water partition coefficient (Wildman–Crippen LogP) is -1.10. The van der Waals surface area contributed by atoms with Gasteiger partial charge in [0.2, 0.25) is 0 Å². The summed E-state index contributed by atoms with van der Waals surface area (Å²) in [5, 5.41) is 0. The molecule has 0 amide bonds. The van der Waals surface area contributed by atoms with Crippen LogP contribution in [0.1, 0.15) is 5.69 Å². The molecule has 2 aromatic heterocycles. The van der Waals surface area contributed by atoms with E-state index in [0.29, 0.717) is 0 Å². The SMILES string of the molecule is Cc1cn2c[c-]ccc2n1.[CH3-].[K+]. The van der Waals surface area contributed by atoms with Crippen molar-refractivity contribution in [3.05, 3.63) is 43.7 Å². The van der Waals surface area contributed by atoms with Crippen molar-refractivity contribution in [3.8, 4) is 0 Å². The van der Waals surface area contributed by atoms with Crippen LogP contribution in [0.3, 0.4) is 0 Å². The molecule has 2 rings (SSSR count). The molecule has 0 atom stereocenters. The molecule has 0 saturated heterocycles. The Morgan fingerprint density at radius 3 is 2.92 bits per heavy atom. The van der Waals surface area contributed by atoms with E-state index in [2.05, 4.69) is 11.1 Å². The summed E-state index contributed by atoms with van der Waals surface area (Å²) >= 11 is 0. The first-order valence-corrected chi connectivity index (χ1v) is 3.18. The molecular formula is C9H10KN2-. The summed E-state index contributed by atoms with van der Waals surface area (Å²) in [4.78, 5) is 4.26. The van der Waals surface area contributed by atoms with Crippen LogP contribution < -0.4 is 51.4 Å². The van der Waals surface area contributed by atoms with Crippen LogP contribution in [0.25, 0.3) is 5.65 Å². The van der Waals surface area contributed by atoms with Gasteiger partial charge in [0.1, 0.15) is 0 Å². The topological polar surface area (TPSA) is 17.3 Å². The van der Waals surface area contributed by atoms with Crippen molar-refractivity contribution in [1.82, 2.24) is 9.38 Å². The van der Waals surface area contributed by atoms with E-state index in [1.807, 2.05) is 35.9 Å². The standard InChI is InChI=1S/C8H7N2.CH3.K/c1-7-6-10-5-3-2-4-8(10)9-7;;/h2,4-6H,1H3;1H3;/q2*-1;+1. The van der Waals surface area contributed by atoms with Gasteiger partial charge in [-0.05, 0) is 6.92 Å². The van der Waals surface area contributed by atoms with Gasteiger partial charge < -0.3 is 11.8 Å². The maximum atomic E-state index is 4.26. The van der Waals surface area contributed by atoms with Gasteiger partial charge in [-0.2, -0.15) is 6.07 Å². The Balaban J connectivity index is 0.000000605. The number of rotatable bonds is 0. The minimum Gasteiger partial charge on any atom is -0.358 e. The molecule has 0 saturated carbocycles. The van der Waals surface area contributed by atoms with Gasteiger partial charge in [-0.1, -0.05) is 6.20 Å². The summed E-state index contributed by atoms with van der Waals surface area (Å²) in [6, 6.07) is 6.77. The van der Waals surface area contributed by atoms with Gasteiger partial charge >= 0.3 is 51.4 Å². The summed E-state index contributed by atoms with van der Waals surface area (Å²) in [6.07, 6.45) is 3.85. The van der Waals surface area contributed by atoms with Crippen molar-refractivity contribution < 1.29 is 51.4 Å². The fraction of sp³-hybridized carbons (Fsp3) is 0.111. The minimum atomic E-state index is 0. The van der Waals surface area contributed by atoms with Crippen molar-refractivity contribution in [1.29, 1.82) is 0 Å². The molecule has 0 aromatic carbocycles. The Morgan fingerprint density at radius 1 is 1.50 bits per heavy atom. The maximum absolute atomic E-state index is 4.26. The summed E-state index contributed by atoms with van der Waals surface area (Å²) in [7, 11) is 0. The largest absolute Gasteiger partial charge is 1.00 e. The summed E-state index contributed by atoms with van der Waals surface area (Å²) in [5.41, 5.74) is 2.02. The third-order valence-electron chi connectivity index (χ3n) is 1.42. The number of imidazole rings is 1. The molecule has 2 nitrogen and oxygen atoms in total. The first kappa shape index (κ1) is 12.3. The van der Waals surface area contributed by atoms with Crippen LogP contribution in [0.2, 0.25) is 0 Å². The van der Waals surface area contributed by atoms with Crippen LogP contribution in [0, 0.1) is 20.4 Å². The second-order valence-corrected chi connectivity index (χ2v) is 2.28. The Bertz CT molecular complexity index is 321. The zero-order valence-corrected chi connectivity index (χ0v) is 10.8. The number of fused-ring (bicyclic) bond motifs is 1. The van der Waals surface area contributed by atoms with Crippen LogP contribution in [-0.4, -0.2) is 9.38 Å². The molecule has 0 fully saturated rings. The fourth-order valence-electron chi connectivity index (χ4n) is 1.01. The number of aryl methyl sites for hydroxylation is 1. The predicted molar refractivity (Wildman–Crippen MR) is 45.2 cm³/mol. The molecule has 0 N–H and O–H groups in total. The molecule has 0 unspecified atom stereocenters. The normalized spacial score (nSPS) is 8.75. The average Bonchev–Trinajstić information content (AvgIpc) is 2.27. The van der Waals surface area contributed by atoms with Crippen molar-refractivity contribution in [2.24, 2.45) is 0 Å². The Labute approximate surface area is 115 Å². The first-order valence-electron chi connectivity index (χ1n) is 3.18. The summed E-state index contributed by atoms with van der Waals surface area (Å²) in [6.45, 7) is 1.98. The van der Waals surface area contributed by atoms with E-state index in [9.17, 15) is 0 Å². The number of hydrogen-bond donors (Lipinski definition) is 0. The van der Waals surface area contributed by atoms with Crippen LogP contribution in [0.4, 0.5) is 0 Å². The van der Waals surface area contributed by atoms with E-state index >= 15 is 0 Å². The van der Waals surface area contributed by atoms with Gasteiger partial charge in [-0.15, -0.1) is 0 Å². The molecule has 0 aliphatic heterocycles. The van der Waals surface area contributed by atoms with E-state index < -0.39 is 0 Å². The first-order chi connectivity index (χ1) is 4.86. The monoisotopic (exact) mass is 185 g/mol. The van der Waals surface area contributed by atoms with E-state index in [1.165, 1.54) is 0 Å². The molecule has 58 valence electrons. The molecule has 2 aromatic rings.